The molecule has 0 fully saturated rings. The van der Waals surface area contributed by atoms with E-state index in [2.05, 4.69) is 5.32 Å². The largest absolute Gasteiger partial charge is 0.389 e. The van der Waals surface area contributed by atoms with Gasteiger partial charge in [-0.3, -0.25) is 4.79 Å². The zero-order valence-electron chi connectivity index (χ0n) is 10.3. The molecule has 2 aromatic rings. The number of thiophene rings is 1. The van der Waals surface area contributed by atoms with Gasteiger partial charge in [-0.05, 0) is 24.4 Å². The van der Waals surface area contributed by atoms with Crippen molar-refractivity contribution in [3.05, 3.63) is 51.7 Å². The zero-order chi connectivity index (χ0) is 13.8. The Morgan fingerprint density at radius 1 is 1.42 bits per heavy atom. The summed E-state index contributed by atoms with van der Waals surface area (Å²) in [6.45, 7) is 1.64. The standard InChI is InChI=1S/C14H12N2O2S/c1-9(17)11-4-2-3-5-12(11)16-14(18)13-10(8-15)6-7-19-13/h2-7,9,17H,1H3,(H,16,18). The van der Waals surface area contributed by atoms with E-state index in [0.29, 0.717) is 21.7 Å². The Balaban J connectivity index is 2.28. The molecule has 5 heteroatoms. The zero-order valence-corrected chi connectivity index (χ0v) is 11.1. The SMILES string of the molecule is CC(O)c1ccccc1NC(=O)c1sccc1C#N. The van der Waals surface area contributed by atoms with Gasteiger partial charge in [-0.25, -0.2) is 0 Å². The van der Waals surface area contributed by atoms with Crippen LogP contribution in [-0.2, 0) is 0 Å². The Labute approximate surface area is 114 Å². The monoisotopic (exact) mass is 272 g/mol. The first kappa shape index (κ1) is 13.3. The summed E-state index contributed by atoms with van der Waals surface area (Å²) in [6.07, 6.45) is -0.671. The Kier molecular flexibility index (Phi) is 3.95. The van der Waals surface area contributed by atoms with Gasteiger partial charge in [-0.2, -0.15) is 5.26 Å². The Morgan fingerprint density at radius 2 is 2.16 bits per heavy atom. The van der Waals surface area contributed by atoms with E-state index in [-0.39, 0.29) is 5.91 Å². The third kappa shape index (κ3) is 2.81. The number of carbonyl (C=O) groups excluding carboxylic acids is 1. The van der Waals surface area contributed by atoms with E-state index >= 15 is 0 Å². The van der Waals surface area contributed by atoms with Crippen molar-refractivity contribution in [1.82, 2.24) is 0 Å². The number of rotatable bonds is 3. The fourth-order valence-corrected chi connectivity index (χ4v) is 2.47. The quantitative estimate of drug-likeness (QED) is 0.902. The third-order valence-electron chi connectivity index (χ3n) is 2.65. The fourth-order valence-electron chi connectivity index (χ4n) is 1.73. The smallest absolute Gasteiger partial charge is 0.267 e. The molecule has 1 aromatic heterocycles. The lowest BCUT2D eigenvalue weighted by Crippen LogP contribution is -2.13. The van der Waals surface area contributed by atoms with Crippen LogP contribution in [0, 0.1) is 11.3 Å². The molecule has 0 saturated heterocycles. The molecule has 4 nitrogen and oxygen atoms in total. The van der Waals surface area contributed by atoms with Crippen molar-refractivity contribution in [2.75, 3.05) is 5.32 Å². The first-order valence-corrected chi connectivity index (χ1v) is 6.57. The number of carbonyl (C=O) groups is 1. The molecule has 1 atom stereocenters. The van der Waals surface area contributed by atoms with Crippen molar-refractivity contribution >= 4 is 22.9 Å². The first-order chi connectivity index (χ1) is 9.13. The van der Waals surface area contributed by atoms with Crippen LogP contribution in [0.15, 0.2) is 35.7 Å². The third-order valence-corrected chi connectivity index (χ3v) is 3.56. The molecule has 0 spiro atoms. The van der Waals surface area contributed by atoms with Crippen LogP contribution >= 0.6 is 11.3 Å². The lowest BCUT2D eigenvalue weighted by atomic mass is 10.1. The van der Waals surface area contributed by atoms with Crippen LogP contribution in [0.1, 0.15) is 33.8 Å². The summed E-state index contributed by atoms with van der Waals surface area (Å²) in [7, 11) is 0. The lowest BCUT2D eigenvalue weighted by Gasteiger charge is -2.12. The summed E-state index contributed by atoms with van der Waals surface area (Å²) in [5.74, 6) is -0.334. The summed E-state index contributed by atoms with van der Waals surface area (Å²) >= 11 is 1.22. The molecule has 2 rings (SSSR count). The number of aliphatic hydroxyl groups is 1. The average molecular weight is 272 g/mol. The molecule has 2 N–H and O–H groups in total. The van der Waals surface area contributed by atoms with Gasteiger partial charge in [-0.15, -0.1) is 11.3 Å². The maximum atomic E-state index is 12.1. The van der Waals surface area contributed by atoms with Crippen molar-refractivity contribution in [1.29, 1.82) is 5.26 Å². The number of nitrogens with one attached hydrogen (secondary N) is 1. The van der Waals surface area contributed by atoms with E-state index in [1.54, 1.807) is 42.6 Å². The average Bonchev–Trinajstić information content (AvgIpc) is 2.87. The number of aliphatic hydroxyl groups excluding tert-OH is 1. The second kappa shape index (κ2) is 5.65. The minimum atomic E-state index is -0.671. The predicted octanol–water partition coefficient (Wildman–Crippen LogP) is 2.93. The number of para-hydroxylation sites is 1. The van der Waals surface area contributed by atoms with Gasteiger partial charge in [-0.1, -0.05) is 18.2 Å². The number of nitriles is 1. The van der Waals surface area contributed by atoms with E-state index in [4.69, 9.17) is 5.26 Å². The molecule has 0 aliphatic rings. The molecule has 19 heavy (non-hydrogen) atoms. The van der Waals surface area contributed by atoms with Gasteiger partial charge < -0.3 is 10.4 Å². The molecule has 0 aliphatic heterocycles. The van der Waals surface area contributed by atoms with E-state index in [1.165, 1.54) is 11.3 Å². The van der Waals surface area contributed by atoms with Crippen LogP contribution in [0.2, 0.25) is 0 Å². The van der Waals surface area contributed by atoms with Crippen LogP contribution in [0.5, 0.6) is 0 Å². The van der Waals surface area contributed by atoms with Crippen molar-refractivity contribution in [3.8, 4) is 6.07 Å². The Bertz CT molecular complexity index is 641. The summed E-state index contributed by atoms with van der Waals surface area (Å²) in [5, 5.41) is 23.0. The summed E-state index contributed by atoms with van der Waals surface area (Å²) < 4.78 is 0. The lowest BCUT2D eigenvalue weighted by molar-refractivity contribution is 0.103. The number of hydrogen-bond donors (Lipinski definition) is 2. The Morgan fingerprint density at radius 3 is 2.84 bits per heavy atom. The second-order valence-corrected chi connectivity index (χ2v) is 4.91. The number of amides is 1. The van der Waals surface area contributed by atoms with Crippen LogP contribution < -0.4 is 5.32 Å². The first-order valence-electron chi connectivity index (χ1n) is 5.69. The second-order valence-electron chi connectivity index (χ2n) is 3.99. The number of anilines is 1. The maximum absolute atomic E-state index is 12.1. The molecule has 0 aliphatic carbocycles. The minimum absolute atomic E-state index is 0.334. The van der Waals surface area contributed by atoms with E-state index < -0.39 is 6.10 Å². The predicted molar refractivity (Wildman–Crippen MR) is 74.1 cm³/mol. The normalized spacial score (nSPS) is 11.6. The highest BCUT2D eigenvalue weighted by Crippen LogP contribution is 2.24. The number of benzene rings is 1. The van der Waals surface area contributed by atoms with E-state index in [0.717, 1.165) is 0 Å². The van der Waals surface area contributed by atoms with Crippen molar-refractivity contribution in [3.63, 3.8) is 0 Å². The molecule has 0 saturated carbocycles. The summed E-state index contributed by atoms with van der Waals surface area (Å²) in [6, 6.07) is 10.6. The van der Waals surface area contributed by atoms with E-state index in [9.17, 15) is 9.90 Å². The van der Waals surface area contributed by atoms with Crippen LogP contribution in [0.3, 0.4) is 0 Å². The van der Waals surface area contributed by atoms with Crippen molar-refractivity contribution in [2.45, 2.75) is 13.0 Å². The van der Waals surface area contributed by atoms with Gasteiger partial charge in [0.05, 0.1) is 11.7 Å². The molecular formula is C14H12N2O2S. The molecular weight excluding hydrogens is 260 g/mol. The minimum Gasteiger partial charge on any atom is -0.389 e. The fraction of sp³-hybridized carbons (Fsp3) is 0.143. The summed E-state index contributed by atoms with van der Waals surface area (Å²) in [4.78, 5) is 12.5. The molecule has 0 radical (unpaired) electrons. The topological polar surface area (TPSA) is 73.1 Å². The molecule has 1 unspecified atom stereocenters. The molecule has 0 bridgehead atoms. The van der Waals surface area contributed by atoms with Crippen LogP contribution in [0.25, 0.3) is 0 Å². The molecule has 1 amide bonds. The molecule has 1 aromatic carbocycles. The van der Waals surface area contributed by atoms with Crippen molar-refractivity contribution < 1.29 is 9.90 Å². The van der Waals surface area contributed by atoms with Gasteiger partial charge >= 0.3 is 0 Å². The van der Waals surface area contributed by atoms with Gasteiger partial charge in [0, 0.05) is 11.3 Å². The van der Waals surface area contributed by atoms with Crippen LogP contribution in [0.4, 0.5) is 5.69 Å². The van der Waals surface area contributed by atoms with Crippen LogP contribution in [-0.4, -0.2) is 11.0 Å². The highest BCUT2D eigenvalue weighted by molar-refractivity contribution is 7.12. The van der Waals surface area contributed by atoms with Gasteiger partial charge in [0.1, 0.15) is 10.9 Å². The van der Waals surface area contributed by atoms with Crippen molar-refractivity contribution in [2.24, 2.45) is 0 Å². The Hall–Kier alpha value is -2.16. The van der Waals surface area contributed by atoms with Gasteiger partial charge in [0.25, 0.3) is 5.91 Å². The highest BCUT2D eigenvalue weighted by Gasteiger charge is 2.15. The maximum Gasteiger partial charge on any atom is 0.267 e. The van der Waals surface area contributed by atoms with E-state index in [1.807, 2.05) is 6.07 Å². The number of hydrogen-bond acceptors (Lipinski definition) is 4. The van der Waals surface area contributed by atoms with Gasteiger partial charge in [0.15, 0.2) is 0 Å². The molecule has 1 heterocycles. The number of nitrogens with zero attached hydrogens (tertiary/aromatic N) is 1. The molecule has 96 valence electrons. The summed E-state index contributed by atoms with van der Waals surface area (Å²) in [5.41, 5.74) is 1.56. The van der Waals surface area contributed by atoms with Gasteiger partial charge in [0.2, 0.25) is 0 Å². The highest BCUT2D eigenvalue weighted by atomic mass is 32.1.